The Morgan fingerprint density at radius 3 is 2.42 bits per heavy atom. The summed E-state index contributed by atoms with van der Waals surface area (Å²) in [6.45, 7) is 0.273. The predicted octanol–water partition coefficient (Wildman–Crippen LogP) is 1.90. The van der Waals surface area contributed by atoms with Crippen LogP contribution in [0, 0.1) is 10.1 Å². The number of rotatable bonds is 6. The van der Waals surface area contributed by atoms with Crippen LogP contribution in [0.25, 0.3) is 0 Å². The van der Waals surface area contributed by atoms with Gasteiger partial charge in [-0.15, -0.1) is 0 Å². The normalized spacial score (nSPS) is 12.8. The van der Waals surface area contributed by atoms with Gasteiger partial charge in [0.05, 0.1) is 16.1 Å². The number of benzene rings is 2. The minimum atomic E-state index is -0.627. The molecule has 0 bridgehead atoms. The summed E-state index contributed by atoms with van der Waals surface area (Å²) in [6, 6.07) is 12.9. The van der Waals surface area contributed by atoms with Crippen molar-refractivity contribution in [3.63, 3.8) is 0 Å². The number of carbonyl (C=O) groups is 3. The zero-order valence-electron chi connectivity index (χ0n) is 13.7. The van der Waals surface area contributed by atoms with Crippen LogP contribution < -0.4 is 5.32 Å². The van der Waals surface area contributed by atoms with Crippen molar-refractivity contribution in [2.75, 3.05) is 6.54 Å². The van der Waals surface area contributed by atoms with Crippen LogP contribution in [0.2, 0.25) is 0 Å². The fourth-order valence-electron chi connectivity index (χ4n) is 2.69. The van der Waals surface area contributed by atoms with Crippen molar-refractivity contribution in [2.45, 2.75) is 13.0 Å². The molecule has 0 unspecified atom stereocenters. The SMILES string of the molecule is O=C(CCN1C(=O)c2ccc([N+](=O)[O-])cc2C1=O)NCc1ccccc1. The number of fused-ring (bicyclic) bond motifs is 1. The fourth-order valence-corrected chi connectivity index (χ4v) is 2.69. The van der Waals surface area contributed by atoms with Crippen molar-refractivity contribution < 1.29 is 19.3 Å². The van der Waals surface area contributed by atoms with E-state index in [4.69, 9.17) is 0 Å². The molecule has 26 heavy (non-hydrogen) atoms. The first kappa shape index (κ1) is 17.3. The second-order valence-electron chi connectivity index (χ2n) is 5.76. The van der Waals surface area contributed by atoms with E-state index in [1.165, 1.54) is 12.1 Å². The molecule has 8 nitrogen and oxygen atoms in total. The predicted molar refractivity (Wildman–Crippen MR) is 91.4 cm³/mol. The third-order valence-corrected chi connectivity index (χ3v) is 4.06. The van der Waals surface area contributed by atoms with E-state index in [2.05, 4.69) is 5.32 Å². The van der Waals surface area contributed by atoms with Crippen LogP contribution in [0.5, 0.6) is 0 Å². The van der Waals surface area contributed by atoms with Crippen LogP contribution in [0.3, 0.4) is 0 Å². The highest BCUT2D eigenvalue weighted by molar-refractivity contribution is 6.21. The molecule has 0 spiro atoms. The second-order valence-corrected chi connectivity index (χ2v) is 5.76. The fraction of sp³-hybridized carbons (Fsp3) is 0.167. The van der Waals surface area contributed by atoms with Crippen LogP contribution in [-0.4, -0.2) is 34.1 Å². The summed E-state index contributed by atoms with van der Waals surface area (Å²) in [6.07, 6.45) is -0.0413. The maximum Gasteiger partial charge on any atom is 0.270 e. The summed E-state index contributed by atoms with van der Waals surface area (Å²) in [5.41, 5.74) is 0.792. The Bertz CT molecular complexity index is 895. The van der Waals surface area contributed by atoms with E-state index in [9.17, 15) is 24.5 Å². The Balaban J connectivity index is 1.60. The molecule has 0 aromatic heterocycles. The zero-order chi connectivity index (χ0) is 18.7. The number of carbonyl (C=O) groups excluding carboxylic acids is 3. The maximum atomic E-state index is 12.3. The molecule has 1 aliphatic heterocycles. The van der Waals surface area contributed by atoms with E-state index in [1.807, 2.05) is 30.3 Å². The number of hydrogen-bond acceptors (Lipinski definition) is 5. The largest absolute Gasteiger partial charge is 0.352 e. The molecule has 132 valence electrons. The maximum absolute atomic E-state index is 12.3. The summed E-state index contributed by atoms with van der Waals surface area (Å²) < 4.78 is 0. The third kappa shape index (κ3) is 3.44. The molecule has 2 aromatic carbocycles. The van der Waals surface area contributed by atoms with Crippen molar-refractivity contribution in [3.8, 4) is 0 Å². The van der Waals surface area contributed by atoms with Gasteiger partial charge in [-0.1, -0.05) is 30.3 Å². The number of non-ortho nitro benzene ring substituents is 1. The van der Waals surface area contributed by atoms with E-state index in [0.717, 1.165) is 16.5 Å². The first-order valence-electron chi connectivity index (χ1n) is 7.92. The number of nitrogens with zero attached hydrogens (tertiary/aromatic N) is 2. The summed E-state index contributed by atoms with van der Waals surface area (Å²) in [4.78, 5) is 47.7. The lowest BCUT2D eigenvalue weighted by Gasteiger charge is -2.13. The van der Waals surface area contributed by atoms with Crippen LogP contribution in [0.4, 0.5) is 5.69 Å². The first-order valence-corrected chi connectivity index (χ1v) is 7.92. The van der Waals surface area contributed by atoms with Crippen molar-refractivity contribution >= 4 is 23.4 Å². The molecule has 2 aromatic rings. The van der Waals surface area contributed by atoms with E-state index >= 15 is 0 Å². The van der Waals surface area contributed by atoms with E-state index in [0.29, 0.717) is 6.54 Å². The molecule has 3 rings (SSSR count). The highest BCUT2D eigenvalue weighted by Gasteiger charge is 2.36. The summed E-state index contributed by atoms with van der Waals surface area (Å²) in [5.74, 6) is -1.46. The van der Waals surface area contributed by atoms with Gasteiger partial charge in [0.15, 0.2) is 0 Å². The Morgan fingerprint density at radius 2 is 1.73 bits per heavy atom. The van der Waals surface area contributed by atoms with Crippen LogP contribution in [0.15, 0.2) is 48.5 Å². The van der Waals surface area contributed by atoms with Crippen LogP contribution >= 0.6 is 0 Å². The van der Waals surface area contributed by atoms with Crippen molar-refractivity contribution in [1.29, 1.82) is 0 Å². The van der Waals surface area contributed by atoms with Crippen molar-refractivity contribution in [2.24, 2.45) is 0 Å². The molecule has 0 saturated carbocycles. The highest BCUT2D eigenvalue weighted by Crippen LogP contribution is 2.26. The topological polar surface area (TPSA) is 110 Å². The molecule has 0 atom stereocenters. The lowest BCUT2D eigenvalue weighted by atomic mass is 10.1. The summed E-state index contributed by atoms with van der Waals surface area (Å²) >= 11 is 0. The third-order valence-electron chi connectivity index (χ3n) is 4.06. The molecular weight excluding hydrogens is 338 g/mol. The molecule has 1 aliphatic rings. The lowest BCUT2D eigenvalue weighted by Crippen LogP contribution is -2.34. The van der Waals surface area contributed by atoms with Gasteiger partial charge in [-0.05, 0) is 11.6 Å². The molecule has 0 radical (unpaired) electrons. The minimum Gasteiger partial charge on any atom is -0.352 e. The van der Waals surface area contributed by atoms with E-state index in [-0.39, 0.29) is 35.7 Å². The number of imide groups is 1. The van der Waals surface area contributed by atoms with Gasteiger partial charge in [0, 0.05) is 31.6 Å². The first-order chi connectivity index (χ1) is 12.5. The molecule has 0 aliphatic carbocycles. The minimum absolute atomic E-state index is 0.00565. The van der Waals surface area contributed by atoms with Gasteiger partial charge in [-0.3, -0.25) is 29.4 Å². The highest BCUT2D eigenvalue weighted by atomic mass is 16.6. The van der Waals surface area contributed by atoms with Gasteiger partial charge in [-0.2, -0.15) is 0 Å². The Kier molecular flexibility index (Phi) is 4.74. The second kappa shape index (κ2) is 7.14. The molecule has 0 saturated heterocycles. The van der Waals surface area contributed by atoms with Gasteiger partial charge in [0.1, 0.15) is 0 Å². The van der Waals surface area contributed by atoms with E-state index < -0.39 is 16.7 Å². The quantitative estimate of drug-likeness (QED) is 0.484. The monoisotopic (exact) mass is 353 g/mol. The number of hydrogen-bond donors (Lipinski definition) is 1. The van der Waals surface area contributed by atoms with Gasteiger partial charge in [0.2, 0.25) is 5.91 Å². The summed E-state index contributed by atoms with van der Waals surface area (Å²) in [7, 11) is 0. The van der Waals surface area contributed by atoms with Gasteiger partial charge in [0.25, 0.3) is 17.5 Å². The standard InChI is InChI=1S/C18H15N3O5/c22-16(19-11-12-4-2-1-3-5-12)8-9-20-17(23)14-7-6-13(21(25)26)10-15(14)18(20)24/h1-7,10H,8-9,11H2,(H,19,22). The Labute approximate surface area is 148 Å². The van der Waals surface area contributed by atoms with Crippen LogP contribution in [-0.2, 0) is 11.3 Å². The average molecular weight is 353 g/mol. The molecule has 1 N–H and O–H groups in total. The summed E-state index contributed by atoms with van der Waals surface area (Å²) in [5, 5.41) is 13.5. The number of nitro groups is 1. The average Bonchev–Trinajstić information content (AvgIpc) is 2.89. The smallest absolute Gasteiger partial charge is 0.270 e. The molecule has 8 heteroatoms. The zero-order valence-corrected chi connectivity index (χ0v) is 13.7. The number of amides is 3. The number of nitrogens with one attached hydrogen (secondary N) is 1. The van der Waals surface area contributed by atoms with Gasteiger partial charge >= 0.3 is 0 Å². The molecule has 1 heterocycles. The molecule has 0 fully saturated rings. The van der Waals surface area contributed by atoms with Gasteiger partial charge in [-0.25, -0.2) is 0 Å². The van der Waals surface area contributed by atoms with Gasteiger partial charge < -0.3 is 5.32 Å². The van der Waals surface area contributed by atoms with Crippen LogP contribution in [0.1, 0.15) is 32.7 Å². The van der Waals surface area contributed by atoms with Crippen molar-refractivity contribution in [1.82, 2.24) is 10.2 Å². The van der Waals surface area contributed by atoms with Crippen molar-refractivity contribution in [3.05, 3.63) is 75.3 Å². The lowest BCUT2D eigenvalue weighted by molar-refractivity contribution is -0.384. The molecule has 3 amide bonds. The molecular formula is C18H15N3O5. The van der Waals surface area contributed by atoms with E-state index in [1.54, 1.807) is 0 Å². The number of nitro benzene ring substituents is 1. The Morgan fingerprint density at radius 1 is 1.04 bits per heavy atom. The Hall–Kier alpha value is -3.55.